The molecular weight excluding hydrogens is 308 g/mol. The molecule has 25 heavy (non-hydrogen) atoms. The zero-order valence-corrected chi connectivity index (χ0v) is 15.0. The SMILES string of the molecule is Cc1ccc(COc2cccc(Oc3ccc(C(C)C)cc3)c2)cc1. The van der Waals surface area contributed by atoms with E-state index >= 15 is 0 Å². The molecule has 0 fully saturated rings. The summed E-state index contributed by atoms with van der Waals surface area (Å²) in [7, 11) is 0. The fraction of sp³-hybridized carbons (Fsp3) is 0.217. The lowest BCUT2D eigenvalue weighted by Crippen LogP contribution is -1.95. The largest absolute Gasteiger partial charge is 0.489 e. The molecular formula is C23H24O2. The van der Waals surface area contributed by atoms with Gasteiger partial charge in [-0.05, 0) is 48.2 Å². The Morgan fingerprint density at radius 1 is 0.760 bits per heavy atom. The summed E-state index contributed by atoms with van der Waals surface area (Å²) in [5.41, 5.74) is 3.71. The van der Waals surface area contributed by atoms with Crippen molar-refractivity contribution in [1.82, 2.24) is 0 Å². The zero-order chi connectivity index (χ0) is 17.6. The van der Waals surface area contributed by atoms with Gasteiger partial charge >= 0.3 is 0 Å². The van der Waals surface area contributed by atoms with Crippen LogP contribution in [0.4, 0.5) is 0 Å². The molecule has 3 rings (SSSR count). The summed E-state index contributed by atoms with van der Waals surface area (Å²) in [6.07, 6.45) is 0. The number of ether oxygens (including phenoxy) is 2. The standard InChI is InChI=1S/C23H24O2/c1-17(2)20-11-13-21(14-12-20)25-23-6-4-5-22(15-23)24-16-19-9-7-18(3)8-10-19/h4-15,17H,16H2,1-3H3. The maximum atomic E-state index is 5.94. The second-order valence-corrected chi connectivity index (χ2v) is 6.57. The monoisotopic (exact) mass is 332 g/mol. The number of hydrogen-bond acceptors (Lipinski definition) is 2. The molecule has 0 spiro atoms. The van der Waals surface area contributed by atoms with Gasteiger partial charge in [-0.2, -0.15) is 0 Å². The van der Waals surface area contributed by atoms with Gasteiger partial charge in [-0.15, -0.1) is 0 Å². The van der Waals surface area contributed by atoms with E-state index in [1.165, 1.54) is 11.1 Å². The van der Waals surface area contributed by atoms with Crippen LogP contribution in [0.15, 0.2) is 72.8 Å². The lowest BCUT2D eigenvalue weighted by Gasteiger charge is -2.11. The summed E-state index contributed by atoms with van der Waals surface area (Å²) in [4.78, 5) is 0. The van der Waals surface area contributed by atoms with Crippen LogP contribution < -0.4 is 9.47 Å². The molecule has 0 N–H and O–H groups in total. The van der Waals surface area contributed by atoms with Crippen molar-refractivity contribution >= 4 is 0 Å². The van der Waals surface area contributed by atoms with Crippen LogP contribution in [0.2, 0.25) is 0 Å². The maximum Gasteiger partial charge on any atom is 0.131 e. The van der Waals surface area contributed by atoms with Crippen LogP contribution in [0.1, 0.15) is 36.5 Å². The molecule has 0 radical (unpaired) electrons. The van der Waals surface area contributed by atoms with Crippen molar-refractivity contribution in [2.45, 2.75) is 33.3 Å². The molecule has 2 heteroatoms. The first kappa shape index (κ1) is 17.1. The van der Waals surface area contributed by atoms with Gasteiger partial charge in [0.15, 0.2) is 0 Å². The van der Waals surface area contributed by atoms with Crippen LogP contribution >= 0.6 is 0 Å². The van der Waals surface area contributed by atoms with Crippen molar-refractivity contribution in [3.05, 3.63) is 89.5 Å². The normalized spacial score (nSPS) is 10.7. The van der Waals surface area contributed by atoms with Crippen LogP contribution in [0.25, 0.3) is 0 Å². The molecule has 128 valence electrons. The molecule has 0 amide bonds. The van der Waals surface area contributed by atoms with E-state index in [1.807, 2.05) is 36.4 Å². The molecule has 0 aromatic heterocycles. The van der Waals surface area contributed by atoms with Crippen molar-refractivity contribution in [2.75, 3.05) is 0 Å². The molecule has 0 atom stereocenters. The first-order chi connectivity index (χ1) is 12.1. The molecule has 3 aromatic rings. The Hall–Kier alpha value is -2.74. The Kier molecular flexibility index (Phi) is 5.39. The molecule has 0 saturated carbocycles. The molecule has 0 heterocycles. The molecule has 0 bridgehead atoms. The van der Waals surface area contributed by atoms with E-state index in [0.29, 0.717) is 12.5 Å². The van der Waals surface area contributed by atoms with Crippen LogP contribution in [-0.4, -0.2) is 0 Å². The van der Waals surface area contributed by atoms with E-state index < -0.39 is 0 Å². The van der Waals surface area contributed by atoms with Crippen molar-refractivity contribution in [3.63, 3.8) is 0 Å². The molecule has 0 aliphatic rings. The van der Waals surface area contributed by atoms with Gasteiger partial charge in [0.1, 0.15) is 23.9 Å². The van der Waals surface area contributed by atoms with E-state index in [2.05, 4.69) is 57.2 Å². The Labute approximate surface area is 150 Å². The predicted octanol–water partition coefficient (Wildman–Crippen LogP) is 6.49. The number of hydrogen-bond donors (Lipinski definition) is 0. The summed E-state index contributed by atoms with van der Waals surface area (Å²) in [6.45, 7) is 7.00. The van der Waals surface area contributed by atoms with E-state index in [0.717, 1.165) is 22.8 Å². The highest BCUT2D eigenvalue weighted by molar-refractivity contribution is 5.38. The highest BCUT2D eigenvalue weighted by Gasteiger charge is 2.03. The van der Waals surface area contributed by atoms with Crippen LogP contribution in [0, 0.1) is 6.92 Å². The van der Waals surface area contributed by atoms with Crippen molar-refractivity contribution in [1.29, 1.82) is 0 Å². The van der Waals surface area contributed by atoms with Gasteiger partial charge in [0.2, 0.25) is 0 Å². The first-order valence-corrected chi connectivity index (χ1v) is 8.66. The Balaban J connectivity index is 1.63. The quantitative estimate of drug-likeness (QED) is 0.513. The fourth-order valence-corrected chi connectivity index (χ4v) is 2.54. The van der Waals surface area contributed by atoms with Gasteiger partial charge in [0, 0.05) is 6.07 Å². The molecule has 3 aromatic carbocycles. The van der Waals surface area contributed by atoms with Gasteiger partial charge in [-0.1, -0.05) is 61.9 Å². The maximum absolute atomic E-state index is 5.94. The Morgan fingerprint density at radius 2 is 1.44 bits per heavy atom. The third-order valence-electron chi connectivity index (χ3n) is 4.11. The number of rotatable bonds is 6. The highest BCUT2D eigenvalue weighted by Crippen LogP contribution is 2.27. The minimum Gasteiger partial charge on any atom is -0.489 e. The molecule has 0 saturated heterocycles. The topological polar surface area (TPSA) is 18.5 Å². The van der Waals surface area contributed by atoms with E-state index in [4.69, 9.17) is 9.47 Å². The fourth-order valence-electron chi connectivity index (χ4n) is 2.54. The third kappa shape index (κ3) is 4.87. The van der Waals surface area contributed by atoms with Gasteiger partial charge in [-0.25, -0.2) is 0 Å². The van der Waals surface area contributed by atoms with Crippen molar-refractivity contribution in [3.8, 4) is 17.2 Å². The summed E-state index contributed by atoms with van der Waals surface area (Å²) in [6, 6.07) is 24.4. The van der Waals surface area contributed by atoms with Crippen LogP contribution in [0.3, 0.4) is 0 Å². The third-order valence-corrected chi connectivity index (χ3v) is 4.11. The molecule has 0 aliphatic heterocycles. The van der Waals surface area contributed by atoms with Gasteiger partial charge < -0.3 is 9.47 Å². The smallest absolute Gasteiger partial charge is 0.131 e. The lowest BCUT2D eigenvalue weighted by atomic mass is 10.0. The first-order valence-electron chi connectivity index (χ1n) is 8.66. The number of aryl methyl sites for hydroxylation is 1. The second kappa shape index (κ2) is 7.89. The van der Waals surface area contributed by atoms with Crippen LogP contribution in [-0.2, 0) is 6.61 Å². The van der Waals surface area contributed by atoms with Gasteiger partial charge in [0.25, 0.3) is 0 Å². The van der Waals surface area contributed by atoms with Crippen molar-refractivity contribution in [2.24, 2.45) is 0 Å². The minimum absolute atomic E-state index is 0.521. The Morgan fingerprint density at radius 3 is 2.12 bits per heavy atom. The summed E-state index contributed by atoms with van der Waals surface area (Å²) in [5, 5.41) is 0. The molecule has 2 nitrogen and oxygen atoms in total. The second-order valence-electron chi connectivity index (χ2n) is 6.57. The zero-order valence-electron chi connectivity index (χ0n) is 15.0. The highest BCUT2D eigenvalue weighted by atomic mass is 16.5. The minimum atomic E-state index is 0.521. The van der Waals surface area contributed by atoms with Crippen molar-refractivity contribution < 1.29 is 9.47 Å². The Bertz CT molecular complexity index is 802. The summed E-state index contributed by atoms with van der Waals surface area (Å²) >= 11 is 0. The van der Waals surface area contributed by atoms with Gasteiger partial charge in [0.05, 0.1) is 0 Å². The van der Waals surface area contributed by atoms with E-state index in [9.17, 15) is 0 Å². The summed E-state index contributed by atoms with van der Waals surface area (Å²) in [5.74, 6) is 2.93. The average molecular weight is 332 g/mol. The lowest BCUT2D eigenvalue weighted by molar-refractivity contribution is 0.304. The predicted molar refractivity (Wildman–Crippen MR) is 103 cm³/mol. The summed E-state index contributed by atoms with van der Waals surface area (Å²) < 4.78 is 11.8. The molecule has 0 aliphatic carbocycles. The number of benzene rings is 3. The van der Waals surface area contributed by atoms with Crippen LogP contribution in [0.5, 0.6) is 17.2 Å². The average Bonchev–Trinajstić information content (AvgIpc) is 2.62. The van der Waals surface area contributed by atoms with Gasteiger partial charge in [-0.3, -0.25) is 0 Å². The van der Waals surface area contributed by atoms with E-state index in [1.54, 1.807) is 0 Å². The van der Waals surface area contributed by atoms with E-state index in [-0.39, 0.29) is 0 Å². The molecule has 0 unspecified atom stereocenters.